The van der Waals surface area contributed by atoms with E-state index >= 15 is 0 Å². The van der Waals surface area contributed by atoms with Crippen molar-refractivity contribution in [2.75, 3.05) is 28.2 Å². The summed E-state index contributed by atoms with van der Waals surface area (Å²) < 4.78 is 0. The van der Waals surface area contributed by atoms with Gasteiger partial charge >= 0.3 is 0 Å². The Hall–Kier alpha value is -1.06. The molecule has 0 aromatic heterocycles. The highest BCUT2D eigenvalue weighted by atomic mass is 16.2. The molecule has 0 saturated heterocycles. The van der Waals surface area contributed by atoms with Gasteiger partial charge in [0.05, 0.1) is 11.8 Å². The summed E-state index contributed by atoms with van der Waals surface area (Å²) in [5.74, 6) is 0.927. The number of fused-ring (bicyclic) bond motifs is 4. The molecule has 0 unspecified atom stereocenters. The first-order valence-electron chi connectivity index (χ1n) is 7.35. The molecule has 3 aliphatic rings. The zero-order chi connectivity index (χ0) is 14.2. The van der Waals surface area contributed by atoms with Crippen LogP contribution in [0.15, 0.2) is 0 Å². The first-order valence-corrected chi connectivity index (χ1v) is 7.35. The Kier molecular flexibility index (Phi) is 4.16. The Morgan fingerprint density at radius 1 is 0.737 bits per heavy atom. The van der Waals surface area contributed by atoms with Gasteiger partial charge in [-0.15, -0.1) is 0 Å². The second-order valence-electron chi connectivity index (χ2n) is 6.55. The van der Waals surface area contributed by atoms with Crippen LogP contribution in [0.25, 0.3) is 0 Å². The first kappa shape index (κ1) is 14.4. The quantitative estimate of drug-likeness (QED) is 0.762. The highest BCUT2D eigenvalue weighted by Gasteiger charge is 2.49. The van der Waals surface area contributed by atoms with E-state index in [1.54, 1.807) is 38.0 Å². The summed E-state index contributed by atoms with van der Waals surface area (Å²) in [7, 11) is 7.21. The number of rotatable bonds is 2. The summed E-state index contributed by atoms with van der Waals surface area (Å²) in [6.07, 6.45) is 5.62. The predicted octanol–water partition coefficient (Wildman–Crippen LogP) is 1.61. The minimum Gasteiger partial charge on any atom is -0.349 e. The molecular formula is C15H26N2O2. The lowest BCUT2D eigenvalue weighted by Gasteiger charge is -2.40. The maximum absolute atomic E-state index is 12.5. The van der Waals surface area contributed by atoms with Crippen LogP contribution in [0.2, 0.25) is 0 Å². The van der Waals surface area contributed by atoms with E-state index in [9.17, 15) is 9.59 Å². The van der Waals surface area contributed by atoms with Gasteiger partial charge in [-0.3, -0.25) is 9.59 Å². The largest absolute Gasteiger partial charge is 0.349 e. The van der Waals surface area contributed by atoms with E-state index in [1.165, 1.54) is 6.42 Å². The molecule has 2 bridgehead atoms. The van der Waals surface area contributed by atoms with Gasteiger partial charge in [-0.25, -0.2) is 0 Å². The minimum atomic E-state index is -0.0915. The van der Waals surface area contributed by atoms with Gasteiger partial charge < -0.3 is 9.80 Å². The molecule has 4 heteroatoms. The molecular weight excluding hydrogens is 240 g/mol. The van der Waals surface area contributed by atoms with Crippen molar-refractivity contribution < 1.29 is 9.59 Å². The molecule has 0 N–H and O–H groups in total. The average Bonchev–Trinajstić information content (AvgIpc) is 2.69. The fourth-order valence-corrected chi connectivity index (χ4v) is 3.97. The molecule has 0 aliphatic heterocycles. The lowest BCUT2D eigenvalue weighted by molar-refractivity contribution is -0.150. The monoisotopic (exact) mass is 266 g/mol. The number of nitrogens with zero attached hydrogens (tertiary/aromatic N) is 2. The second-order valence-corrected chi connectivity index (χ2v) is 6.55. The molecule has 3 fully saturated rings. The molecule has 3 aliphatic carbocycles. The van der Waals surface area contributed by atoms with Crippen molar-refractivity contribution in [3.8, 4) is 0 Å². The van der Waals surface area contributed by atoms with Gasteiger partial charge in [0.15, 0.2) is 0 Å². The van der Waals surface area contributed by atoms with Gasteiger partial charge in [-0.2, -0.15) is 0 Å². The molecule has 2 amide bonds. The van der Waals surface area contributed by atoms with E-state index in [-0.39, 0.29) is 23.7 Å². The summed E-state index contributed by atoms with van der Waals surface area (Å²) in [6.45, 7) is 0. The van der Waals surface area contributed by atoms with Crippen LogP contribution in [0.1, 0.15) is 32.1 Å². The Morgan fingerprint density at radius 2 is 1.11 bits per heavy atom. The lowest BCUT2D eigenvalue weighted by Crippen LogP contribution is -2.49. The summed E-state index contributed by atoms with van der Waals surface area (Å²) >= 11 is 0. The van der Waals surface area contributed by atoms with E-state index in [2.05, 4.69) is 0 Å². The zero-order valence-electron chi connectivity index (χ0n) is 12.6. The molecule has 108 valence electrons. The topological polar surface area (TPSA) is 40.6 Å². The van der Waals surface area contributed by atoms with Crippen LogP contribution in [-0.4, -0.2) is 49.8 Å². The van der Waals surface area contributed by atoms with E-state index in [0.29, 0.717) is 11.8 Å². The molecule has 0 heterocycles. The van der Waals surface area contributed by atoms with Crippen molar-refractivity contribution in [2.24, 2.45) is 23.7 Å². The minimum absolute atomic E-state index is 0.0915. The van der Waals surface area contributed by atoms with Crippen LogP contribution in [0.4, 0.5) is 0 Å². The maximum atomic E-state index is 12.5. The number of hydrogen-bond donors (Lipinski definition) is 0. The van der Waals surface area contributed by atoms with Crippen molar-refractivity contribution >= 4 is 11.8 Å². The Balaban J connectivity index is 2.33. The Bertz CT molecular complexity index is 327. The van der Waals surface area contributed by atoms with Gasteiger partial charge in [0.1, 0.15) is 0 Å². The SMILES string of the molecule is CN(C)C(=O)[C@@H]1[C@@H]2CCC[C@H](CC2)[C@@H]1C(=O)N(C)C. The van der Waals surface area contributed by atoms with Gasteiger partial charge in [-0.05, 0) is 37.5 Å². The second kappa shape index (κ2) is 5.51. The average molecular weight is 266 g/mol. The molecule has 3 saturated carbocycles. The third-order valence-corrected chi connectivity index (χ3v) is 4.91. The van der Waals surface area contributed by atoms with Gasteiger partial charge in [0.25, 0.3) is 0 Å². The van der Waals surface area contributed by atoms with E-state index in [1.807, 2.05) is 0 Å². The van der Waals surface area contributed by atoms with Crippen LogP contribution >= 0.6 is 0 Å². The highest BCUT2D eigenvalue weighted by molar-refractivity contribution is 5.88. The Labute approximate surface area is 116 Å². The van der Waals surface area contributed by atoms with E-state index in [0.717, 1.165) is 25.7 Å². The molecule has 0 spiro atoms. The van der Waals surface area contributed by atoms with Crippen LogP contribution in [0.5, 0.6) is 0 Å². The van der Waals surface area contributed by atoms with Crippen molar-refractivity contribution in [1.82, 2.24) is 9.80 Å². The summed E-state index contributed by atoms with van der Waals surface area (Å²) in [4.78, 5) is 28.4. The van der Waals surface area contributed by atoms with E-state index < -0.39 is 0 Å². The fourth-order valence-electron chi connectivity index (χ4n) is 3.97. The molecule has 4 nitrogen and oxygen atoms in total. The normalized spacial score (nSPS) is 33.7. The highest BCUT2D eigenvalue weighted by Crippen LogP contribution is 2.47. The summed E-state index contributed by atoms with van der Waals surface area (Å²) in [6, 6.07) is 0. The van der Waals surface area contributed by atoms with Gasteiger partial charge in [0.2, 0.25) is 11.8 Å². The van der Waals surface area contributed by atoms with Crippen molar-refractivity contribution in [2.45, 2.75) is 32.1 Å². The molecule has 3 rings (SSSR count). The molecule has 19 heavy (non-hydrogen) atoms. The number of carbonyl (C=O) groups excluding carboxylic acids is 2. The standard InChI is InChI=1S/C15H26N2O2/c1-16(2)14(18)12-10-6-5-7-11(9-8-10)13(12)15(19)17(3)4/h10-13H,5-9H2,1-4H3/t10-,11-,12-,13+/m1/s1. The van der Waals surface area contributed by atoms with Crippen LogP contribution in [-0.2, 0) is 9.59 Å². The number of carbonyl (C=O) groups is 2. The fraction of sp³-hybridized carbons (Fsp3) is 0.867. The number of amides is 2. The van der Waals surface area contributed by atoms with Gasteiger partial charge in [-0.1, -0.05) is 6.42 Å². The molecule has 4 atom stereocenters. The van der Waals surface area contributed by atoms with Crippen molar-refractivity contribution in [3.05, 3.63) is 0 Å². The third-order valence-electron chi connectivity index (χ3n) is 4.91. The van der Waals surface area contributed by atoms with Crippen LogP contribution in [0, 0.1) is 23.7 Å². The summed E-state index contributed by atoms with van der Waals surface area (Å²) in [5.41, 5.74) is 0. The Morgan fingerprint density at radius 3 is 1.42 bits per heavy atom. The van der Waals surface area contributed by atoms with E-state index in [4.69, 9.17) is 0 Å². The smallest absolute Gasteiger partial charge is 0.226 e. The summed E-state index contributed by atoms with van der Waals surface area (Å²) in [5, 5.41) is 0. The third kappa shape index (κ3) is 2.63. The molecule has 0 radical (unpaired) electrons. The molecule has 0 aromatic rings. The van der Waals surface area contributed by atoms with Gasteiger partial charge in [0, 0.05) is 28.2 Å². The first-order chi connectivity index (χ1) is 8.93. The van der Waals surface area contributed by atoms with Crippen LogP contribution in [0.3, 0.4) is 0 Å². The van der Waals surface area contributed by atoms with Crippen LogP contribution < -0.4 is 0 Å². The van der Waals surface area contributed by atoms with Crippen molar-refractivity contribution in [1.29, 1.82) is 0 Å². The van der Waals surface area contributed by atoms with Crippen molar-refractivity contribution in [3.63, 3.8) is 0 Å². The zero-order valence-corrected chi connectivity index (χ0v) is 12.6. The number of hydrogen-bond acceptors (Lipinski definition) is 2. The molecule has 0 aromatic carbocycles. The maximum Gasteiger partial charge on any atom is 0.226 e. The lowest BCUT2D eigenvalue weighted by atomic mass is 9.66. The predicted molar refractivity (Wildman–Crippen MR) is 74.4 cm³/mol.